The van der Waals surface area contributed by atoms with E-state index in [1.165, 1.54) is 6.92 Å². The molecule has 1 amide bonds. The Bertz CT molecular complexity index is 771. The summed E-state index contributed by atoms with van der Waals surface area (Å²) in [6.45, 7) is 2.62. The van der Waals surface area contributed by atoms with Crippen molar-refractivity contribution in [3.63, 3.8) is 0 Å². The van der Waals surface area contributed by atoms with Crippen LogP contribution in [0.5, 0.6) is 5.75 Å². The van der Waals surface area contributed by atoms with Crippen LogP contribution in [0.2, 0.25) is 0 Å². The molecule has 130 valence electrons. The van der Waals surface area contributed by atoms with E-state index in [1.54, 1.807) is 0 Å². The predicted molar refractivity (Wildman–Crippen MR) is 98.5 cm³/mol. The normalized spacial score (nSPS) is 16.5. The summed E-state index contributed by atoms with van der Waals surface area (Å²) in [7, 11) is 0. The number of nitrogens with two attached hydrogens (primary N) is 1. The zero-order valence-electron chi connectivity index (χ0n) is 14.2. The Hall–Kier alpha value is -3.02. The Balaban J connectivity index is 1.60. The Labute approximate surface area is 147 Å². The predicted octanol–water partition coefficient (Wildman–Crippen LogP) is 2.57. The van der Waals surface area contributed by atoms with Crippen molar-refractivity contribution in [1.29, 1.82) is 0 Å². The molecule has 0 saturated carbocycles. The van der Waals surface area contributed by atoms with Gasteiger partial charge in [-0.15, -0.1) is 0 Å². The fourth-order valence-corrected chi connectivity index (χ4v) is 2.79. The summed E-state index contributed by atoms with van der Waals surface area (Å²) in [6, 6.07) is 15.6. The molecule has 0 radical (unpaired) electrons. The van der Waals surface area contributed by atoms with Crippen LogP contribution in [0.4, 0.5) is 5.69 Å². The van der Waals surface area contributed by atoms with Crippen LogP contribution in [-0.2, 0) is 11.3 Å². The minimum atomic E-state index is -0.0871. The van der Waals surface area contributed by atoms with Gasteiger partial charge in [0.05, 0.1) is 19.2 Å². The van der Waals surface area contributed by atoms with E-state index in [0.717, 1.165) is 29.0 Å². The molecule has 2 aromatic rings. The SMILES string of the molecule is CC(=O)Nc1ccc(CN=C(N)NC2CCOc3ccccc32)cc1. The third kappa shape index (κ3) is 4.50. The smallest absolute Gasteiger partial charge is 0.221 e. The molecular weight excluding hydrogens is 316 g/mol. The third-order valence-electron chi connectivity index (χ3n) is 3.99. The number of hydrogen-bond acceptors (Lipinski definition) is 3. The van der Waals surface area contributed by atoms with Crippen molar-refractivity contribution < 1.29 is 9.53 Å². The van der Waals surface area contributed by atoms with E-state index in [0.29, 0.717) is 19.1 Å². The van der Waals surface area contributed by atoms with Crippen LogP contribution in [0.3, 0.4) is 0 Å². The molecule has 1 atom stereocenters. The van der Waals surface area contributed by atoms with E-state index >= 15 is 0 Å². The van der Waals surface area contributed by atoms with E-state index in [4.69, 9.17) is 10.5 Å². The standard InChI is InChI=1S/C19H22N4O2/c1-13(24)22-15-8-6-14(7-9-15)12-21-19(20)23-17-10-11-25-18-5-3-2-4-16(17)18/h2-9,17H,10-12H2,1H3,(H,22,24)(H3,20,21,23). The van der Waals surface area contributed by atoms with Gasteiger partial charge in [0.15, 0.2) is 5.96 Å². The molecule has 4 N–H and O–H groups in total. The average molecular weight is 338 g/mol. The van der Waals surface area contributed by atoms with Crippen LogP contribution in [0.25, 0.3) is 0 Å². The third-order valence-corrected chi connectivity index (χ3v) is 3.99. The topological polar surface area (TPSA) is 88.7 Å². The molecule has 0 saturated heterocycles. The number of fused-ring (bicyclic) bond motifs is 1. The number of benzene rings is 2. The summed E-state index contributed by atoms with van der Waals surface area (Å²) in [5.41, 5.74) is 8.94. The van der Waals surface area contributed by atoms with Gasteiger partial charge in [0.25, 0.3) is 0 Å². The van der Waals surface area contributed by atoms with Gasteiger partial charge in [0, 0.05) is 24.6 Å². The fraction of sp³-hybridized carbons (Fsp3) is 0.263. The van der Waals surface area contributed by atoms with Gasteiger partial charge in [0.2, 0.25) is 5.91 Å². The maximum Gasteiger partial charge on any atom is 0.221 e. The number of ether oxygens (including phenoxy) is 1. The highest BCUT2D eigenvalue weighted by Gasteiger charge is 2.21. The zero-order valence-corrected chi connectivity index (χ0v) is 14.2. The quantitative estimate of drug-likeness (QED) is 0.590. The van der Waals surface area contributed by atoms with Crippen molar-refractivity contribution in [2.24, 2.45) is 10.7 Å². The zero-order chi connectivity index (χ0) is 17.6. The average Bonchev–Trinajstić information content (AvgIpc) is 2.61. The van der Waals surface area contributed by atoms with Gasteiger partial charge in [-0.05, 0) is 23.8 Å². The van der Waals surface area contributed by atoms with Gasteiger partial charge in [0.1, 0.15) is 5.75 Å². The van der Waals surface area contributed by atoms with Crippen LogP contribution < -0.4 is 21.1 Å². The second-order valence-corrected chi connectivity index (χ2v) is 5.95. The molecular formula is C19H22N4O2. The van der Waals surface area contributed by atoms with E-state index in [2.05, 4.69) is 15.6 Å². The lowest BCUT2D eigenvalue weighted by molar-refractivity contribution is -0.114. The number of amides is 1. The van der Waals surface area contributed by atoms with Crippen molar-refractivity contribution in [2.45, 2.75) is 25.9 Å². The first-order valence-corrected chi connectivity index (χ1v) is 8.26. The molecule has 6 nitrogen and oxygen atoms in total. The Kier molecular flexibility index (Phi) is 5.18. The maximum atomic E-state index is 11.0. The number of nitrogens with zero attached hydrogens (tertiary/aromatic N) is 1. The Morgan fingerprint density at radius 3 is 2.76 bits per heavy atom. The molecule has 2 aromatic carbocycles. The molecule has 0 bridgehead atoms. The first kappa shape index (κ1) is 16.8. The van der Waals surface area contributed by atoms with Crippen molar-refractivity contribution in [2.75, 3.05) is 11.9 Å². The van der Waals surface area contributed by atoms with Crippen LogP contribution in [-0.4, -0.2) is 18.5 Å². The molecule has 6 heteroatoms. The minimum absolute atomic E-state index is 0.0871. The van der Waals surface area contributed by atoms with Crippen LogP contribution >= 0.6 is 0 Å². The summed E-state index contributed by atoms with van der Waals surface area (Å²) in [4.78, 5) is 15.4. The summed E-state index contributed by atoms with van der Waals surface area (Å²) in [5.74, 6) is 1.22. The lowest BCUT2D eigenvalue weighted by atomic mass is 10.0. The molecule has 0 spiro atoms. The van der Waals surface area contributed by atoms with Crippen molar-refractivity contribution >= 4 is 17.6 Å². The molecule has 1 heterocycles. The molecule has 25 heavy (non-hydrogen) atoms. The van der Waals surface area contributed by atoms with Gasteiger partial charge < -0.3 is 21.1 Å². The number of anilines is 1. The van der Waals surface area contributed by atoms with Crippen molar-refractivity contribution in [3.05, 3.63) is 59.7 Å². The van der Waals surface area contributed by atoms with E-state index in [9.17, 15) is 4.79 Å². The fourth-order valence-electron chi connectivity index (χ4n) is 2.79. The lowest BCUT2D eigenvalue weighted by Gasteiger charge is -2.26. The van der Waals surface area contributed by atoms with Gasteiger partial charge in [-0.2, -0.15) is 0 Å². The first-order chi connectivity index (χ1) is 12.1. The van der Waals surface area contributed by atoms with E-state index < -0.39 is 0 Å². The number of hydrogen-bond donors (Lipinski definition) is 3. The largest absolute Gasteiger partial charge is 0.493 e. The van der Waals surface area contributed by atoms with Gasteiger partial charge >= 0.3 is 0 Å². The van der Waals surface area contributed by atoms with E-state index in [-0.39, 0.29) is 11.9 Å². The first-order valence-electron chi connectivity index (χ1n) is 8.26. The summed E-state index contributed by atoms with van der Waals surface area (Å²) in [6.07, 6.45) is 0.846. The van der Waals surface area contributed by atoms with Crippen molar-refractivity contribution in [3.8, 4) is 5.75 Å². The highest BCUT2D eigenvalue weighted by molar-refractivity contribution is 5.88. The second kappa shape index (κ2) is 7.70. The van der Waals surface area contributed by atoms with Crippen LogP contribution in [0, 0.1) is 0 Å². The molecule has 1 aliphatic rings. The number of carbonyl (C=O) groups is 1. The highest BCUT2D eigenvalue weighted by Crippen LogP contribution is 2.31. The molecule has 1 aliphatic heterocycles. The van der Waals surface area contributed by atoms with Crippen LogP contribution in [0.15, 0.2) is 53.5 Å². The van der Waals surface area contributed by atoms with E-state index in [1.807, 2.05) is 48.5 Å². The summed E-state index contributed by atoms with van der Waals surface area (Å²) in [5, 5.41) is 6.01. The number of rotatable bonds is 4. The van der Waals surface area contributed by atoms with Crippen LogP contribution in [0.1, 0.15) is 30.5 Å². The number of para-hydroxylation sites is 1. The summed E-state index contributed by atoms with van der Waals surface area (Å²) < 4.78 is 5.65. The van der Waals surface area contributed by atoms with Gasteiger partial charge in [-0.1, -0.05) is 30.3 Å². The Morgan fingerprint density at radius 2 is 2.00 bits per heavy atom. The number of carbonyl (C=O) groups excluding carboxylic acids is 1. The summed E-state index contributed by atoms with van der Waals surface area (Å²) >= 11 is 0. The molecule has 0 aliphatic carbocycles. The monoisotopic (exact) mass is 338 g/mol. The highest BCUT2D eigenvalue weighted by atomic mass is 16.5. The molecule has 3 rings (SSSR count). The van der Waals surface area contributed by atoms with Gasteiger partial charge in [-0.25, -0.2) is 4.99 Å². The molecule has 1 unspecified atom stereocenters. The lowest BCUT2D eigenvalue weighted by Crippen LogP contribution is -2.37. The van der Waals surface area contributed by atoms with Gasteiger partial charge in [-0.3, -0.25) is 4.79 Å². The molecule has 0 fully saturated rings. The molecule has 0 aromatic heterocycles. The number of aliphatic imine (C=N–C) groups is 1. The maximum absolute atomic E-state index is 11.0. The Morgan fingerprint density at radius 1 is 1.24 bits per heavy atom. The number of guanidine groups is 1. The second-order valence-electron chi connectivity index (χ2n) is 5.95. The van der Waals surface area contributed by atoms with Crippen molar-refractivity contribution in [1.82, 2.24) is 5.32 Å². The number of nitrogens with one attached hydrogen (secondary N) is 2. The minimum Gasteiger partial charge on any atom is -0.493 e.